The van der Waals surface area contributed by atoms with E-state index in [0.29, 0.717) is 29.4 Å². The Labute approximate surface area is 161 Å². The van der Waals surface area contributed by atoms with Gasteiger partial charge in [0.25, 0.3) is 5.91 Å². The molecule has 1 saturated heterocycles. The highest BCUT2D eigenvalue weighted by Gasteiger charge is 2.28. The molecule has 1 fully saturated rings. The summed E-state index contributed by atoms with van der Waals surface area (Å²) in [5.41, 5.74) is 0.806. The van der Waals surface area contributed by atoms with Crippen molar-refractivity contribution in [1.82, 2.24) is 10.6 Å². The molecular formula is C20H19N3O5. The SMILES string of the molecule is O=C1CCN(c2ccccc2C(=O)NC[C@H]2COc3ccccc3O2)C(=O)N1. The Bertz CT molecular complexity index is 930. The lowest BCUT2D eigenvalue weighted by atomic mass is 10.1. The van der Waals surface area contributed by atoms with Gasteiger partial charge in [-0.05, 0) is 24.3 Å². The summed E-state index contributed by atoms with van der Waals surface area (Å²) < 4.78 is 11.5. The molecule has 0 aromatic heterocycles. The van der Waals surface area contributed by atoms with Crippen molar-refractivity contribution in [3.8, 4) is 11.5 Å². The van der Waals surface area contributed by atoms with Crippen molar-refractivity contribution in [3.05, 3.63) is 54.1 Å². The third-order valence-electron chi connectivity index (χ3n) is 4.55. The molecule has 8 heteroatoms. The maximum atomic E-state index is 12.7. The lowest BCUT2D eigenvalue weighted by Crippen LogP contribution is -2.50. The van der Waals surface area contributed by atoms with Crippen LogP contribution in [0.25, 0.3) is 0 Å². The summed E-state index contributed by atoms with van der Waals surface area (Å²) in [4.78, 5) is 37.6. The molecule has 144 valence electrons. The van der Waals surface area contributed by atoms with Gasteiger partial charge in [0.2, 0.25) is 5.91 Å². The normalized spacial score (nSPS) is 18.4. The van der Waals surface area contributed by atoms with E-state index in [4.69, 9.17) is 9.47 Å². The van der Waals surface area contributed by atoms with Crippen LogP contribution >= 0.6 is 0 Å². The summed E-state index contributed by atoms with van der Waals surface area (Å²) in [6.45, 7) is 0.813. The van der Waals surface area contributed by atoms with E-state index in [1.165, 1.54) is 4.90 Å². The second-order valence-electron chi connectivity index (χ2n) is 6.48. The second-order valence-corrected chi connectivity index (χ2v) is 6.48. The number of fused-ring (bicyclic) bond motifs is 1. The highest BCUT2D eigenvalue weighted by atomic mass is 16.6. The summed E-state index contributed by atoms with van der Waals surface area (Å²) in [6, 6.07) is 13.6. The van der Waals surface area contributed by atoms with Gasteiger partial charge in [-0.3, -0.25) is 19.8 Å². The van der Waals surface area contributed by atoms with Crippen molar-refractivity contribution in [3.63, 3.8) is 0 Å². The van der Waals surface area contributed by atoms with Gasteiger partial charge in [-0.15, -0.1) is 0 Å². The molecule has 0 spiro atoms. The number of nitrogens with one attached hydrogen (secondary N) is 2. The monoisotopic (exact) mass is 381 g/mol. The number of ether oxygens (including phenoxy) is 2. The van der Waals surface area contributed by atoms with Crippen molar-refractivity contribution in [2.45, 2.75) is 12.5 Å². The molecule has 1 atom stereocenters. The third-order valence-corrected chi connectivity index (χ3v) is 4.55. The summed E-state index contributed by atoms with van der Waals surface area (Å²) in [5, 5.41) is 5.10. The Morgan fingerprint density at radius 2 is 1.86 bits per heavy atom. The minimum Gasteiger partial charge on any atom is -0.486 e. The number of benzene rings is 2. The lowest BCUT2D eigenvalue weighted by Gasteiger charge is -2.29. The van der Waals surface area contributed by atoms with Gasteiger partial charge in [-0.1, -0.05) is 24.3 Å². The molecule has 2 N–H and O–H groups in total. The summed E-state index contributed by atoms with van der Waals surface area (Å²) in [5.74, 6) is 0.671. The number of carbonyl (C=O) groups excluding carboxylic acids is 3. The first kappa shape index (κ1) is 17.8. The first-order chi connectivity index (χ1) is 13.6. The van der Waals surface area contributed by atoms with Crippen LogP contribution in [0.2, 0.25) is 0 Å². The van der Waals surface area contributed by atoms with Crippen molar-refractivity contribution in [2.24, 2.45) is 0 Å². The Hall–Kier alpha value is -3.55. The number of rotatable bonds is 4. The van der Waals surface area contributed by atoms with Crippen LogP contribution in [0.15, 0.2) is 48.5 Å². The van der Waals surface area contributed by atoms with Crippen LogP contribution in [0.4, 0.5) is 10.5 Å². The number of amides is 4. The molecule has 8 nitrogen and oxygen atoms in total. The maximum Gasteiger partial charge on any atom is 0.328 e. The van der Waals surface area contributed by atoms with Gasteiger partial charge < -0.3 is 14.8 Å². The minimum absolute atomic E-state index is 0.189. The molecule has 0 radical (unpaired) electrons. The zero-order chi connectivity index (χ0) is 19.5. The Morgan fingerprint density at radius 1 is 1.11 bits per heavy atom. The topological polar surface area (TPSA) is 97.0 Å². The van der Waals surface area contributed by atoms with Crippen molar-refractivity contribution < 1.29 is 23.9 Å². The van der Waals surface area contributed by atoms with Gasteiger partial charge >= 0.3 is 6.03 Å². The number of carbonyl (C=O) groups is 3. The fourth-order valence-corrected chi connectivity index (χ4v) is 3.16. The molecule has 28 heavy (non-hydrogen) atoms. The number of urea groups is 1. The number of hydrogen-bond donors (Lipinski definition) is 2. The van der Waals surface area contributed by atoms with E-state index in [0.717, 1.165) is 0 Å². The van der Waals surface area contributed by atoms with E-state index in [1.54, 1.807) is 24.3 Å². The third kappa shape index (κ3) is 3.62. The number of anilines is 1. The smallest absolute Gasteiger partial charge is 0.328 e. The molecule has 2 aliphatic heterocycles. The van der Waals surface area contributed by atoms with E-state index < -0.39 is 6.03 Å². The van der Waals surface area contributed by atoms with Gasteiger partial charge in [0.15, 0.2) is 11.5 Å². The Kier molecular flexibility index (Phi) is 4.84. The molecule has 2 aromatic carbocycles. The number of nitrogens with zero attached hydrogens (tertiary/aromatic N) is 1. The quantitative estimate of drug-likeness (QED) is 0.840. The lowest BCUT2D eigenvalue weighted by molar-refractivity contribution is -0.120. The maximum absolute atomic E-state index is 12.7. The van der Waals surface area contributed by atoms with E-state index in [1.807, 2.05) is 24.3 Å². The summed E-state index contributed by atoms with van der Waals surface area (Å²) in [6.07, 6.45) is -0.129. The molecule has 0 bridgehead atoms. The number of para-hydroxylation sites is 3. The van der Waals surface area contributed by atoms with Gasteiger partial charge in [-0.25, -0.2) is 4.79 Å². The molecule has 0 aliphatic carbocycles. The molecule has 2 aliphatic rings. The van der Waals surface area contributed by atoms with Crippen LogP contribution in [0.3, 0.4) is 0 Å². The highest BCUT2D eigenvalue weighted by molar-refractivity contribution is 6.09. The first-order valence-corrected chi connectivity index (χ1v) is 8.99. The van der Waals surface area contributed by atoms with E-state index in [-0.39, 0.29) is 37.4 Å². The predicted molar refractivity (Wildman–Crippen MR) is 101 cm³/mol. The van der Waals surface area contributed by atoms with Crippen LogP contribution in [-0.4, -0.2) is 43.6 Å². The van der Waals surface area contributed by atoms with Crippen LogP contribution in [-0.2, 0) is 4.79 Å². The molecule has 2 aromatic rings. The zero-order valence-corrected chi connectivity index (χ0v) is 15.0. The van der Waals surface area contributed by atoms with Crippen molar-refractivity contribution in [2.75, 3.05) is 24.6 Å². The fraction of sp³-hybridized carbons (Fsp3) is 0.250. The summed E-state index contributed by atoms with van der Waals surface area (Å²) >= 11 is 0. The van der Waals surface area contributed by atoms with Crippen molar-refractivity contribution in [1.29, 1.82) is 0 Å². The van der Waals surface area contributed by atoms with Gasteiger partial charge in [0.05, 0.1) is 17.8 Å². The Balaban J connectivity index is 1.43. The van der Waals surface area contributed by atoms with Crippen LogP contribution in [0.5, 0.6) is 11.5 Å². The molecule has 2 heterocycles. The molecule has 4 amide bonds. The minimum atomic E-state index is -0.530. The molecule has 0 unspecified atom stereocenters. The number of imide groups is 1. The average molecular weight is 381 g/mol. The first-order valence-electron chi connectivity index (χ1n) is 8.99. The van der Waals surface area contributed by atoms with Crippen LogP contribution in [0.1, 0.15) is 16.8 Å². The molecular weight excluding hydrogens is 362 g/mol. The zero-order valence-electron chi connectivity index (χ0n) is 15.0. The predicted octanol–water partition coefficient (Wildman–Crippen LogP) is 1.70. The molecule has 4 rings (SSSR count). The largest absolute Gasteiger partial charge is 0.486 e. The van der Waals surface area contributed by atoms with Crippen molar-refractivity contribution >= 4 is 23.5 Å². The van der Waals surface area contributed by atoms with Gasteiger partial charge in [0, 0.05) is 13.0 Å². The van der Waals surface area contributed by atoms with Crippen LogP contribution < -0.4 is 25.0 Å². The fourth-order valence-electron chi connectivity index (χ4n) is 3.16. The standard InChI is InChI=1S/C20H19N3O5/c24-18-9-10-23(20(26)22-18)15-6-2-1-5-14(15)19(25)21-11-13-12-27-16-7-3-4-8-17(16)28-13/h1-8,13H,9-12H2,(H,21,25)(H,22,24,26)/t13-/m0/s1. The number of hydrogen-bond acceptors (Lipinski definition) is 5. The van der Waals surface area contributed by atoms with Gasteiger partial charge in [0.1, 0.15) is 12.7 Å². The Morgan fingerprint density at radius 3 is 2.68 bits per heavy atom. The van der Waals surface area contributed by atoms with E-state index in [9.17, 15) is 14.4 Å². The van der Waals surface area contributed by atoms with E-state index in [2.05, 4.69) is 10.6 Å². The highest BCUT2D eigenvalue weighted by Crippen LogP contribution is 2.30. The average Bonchev–Trinajstić information content (AvgIpc) is 2.72. The van der Waals surface area contributed by atoms with Gasteiger partial charge in [-0.2, -0.15) is 0 Å². The van der Waals surface area contributed by atoms with E-state index >= 15 is 0 Å². The second kappa shape index (κ2) is 7.59. The molecule has 0 saturated carbocycles. The summed E-state index contributed by atoms with van der Waals surface area (Å²) in [7, 11) is 0. The van der Waals surface area contributed by atoms with Crippen LogP contribution in [0, 0.1) is 0 Å².